The van der Waals surface area contributed by atoms with Crippen molar-refractivity contribution in [2.75, 3.05) is 0 Å². The highest BCUT2D eigenvalue weighted by Crippen LogP contribution is 2.75. The Bertz CT molecular complexity index is 1730. The number of rotatable bonds is 7. The Hall–Kier alpha value is -2.54. The number of aliphatic hydroxyl groups is 5. The van der Waals surface area contributed by atoms with Gasteiger partial charge in [0.1, 0.15) is 36.6 Å². The van der Waals surface area contributed by atoms with Crippen molar-refractivity contribution in [1.82, 2.24) is 0 Å². The third kappa shape index (κ3) is 6.25. The van der Waals surface area contributed by atoms with E-state index in [2.05, 4.69) is 27.7 Å². The lowest BCUT2D eigenvalue weighted by Crippen LogP contribution is -2.68. The molecule has 16 nitrogen and oxygen atoms in total. The predicted molar refractivity (Wildman–Crippen MR) is 199 cm³/mol. The minimum absolute atomic E-state index is 0.0217. The van der Waals surface area contributed by atoms with Crippen LogP contribution in [0.2, 0.25) is 0 Å². The summed E-state index contributed by atoms with van der Waals surface area (Å²) < 4.78 is 23.4. The maximum Gasteiger partial charge on any atom is 0.335 e. The molecule has 0 bridgehead atoms. The number of carboxylic acid groups (broad SMARTS) is 3. The van der Waals surface area contributed by atoms with Gasteiger partial charge in [0.25, 0.3) is 0 Å². The molecule has 2 heterocycles. The molecule has 7 rings (SSSR count). The Morgan fingerprint density at radius 1 is 0.690 bits per heavy atom. The quantitative estimate of drug-likeness (QED) is 0.171. The summed E-state index contributed by atoms with van der Waals surface area (Å²) in [5.74, 6) is -4.47. The van der Waals surface area contributed by atoms with Gasteiger partial charge in [-0.15, -0.1) is 0 Å². The highest BCUT2D eigenvalue weighted by atomic mass is 16.8. The molecule has 5 aliphatic carbocycles. The van der Waals surface area contributed by atoms with Crippen molar-refractivity contribution < 1.29 is 79.0 Å². The molecule has 0 spiro atoms. The van der Waals surface area contributed by atoms with Crippen LogP contribution in [0.3, 0.4) is 0 Å². The average molecular weight is 823 g/mol. The zero-order valence-corrected chi connectivity index (χ0v) is 34.4. The molecular formula is C42H62O16. The van der Waals surface area contributed by atoms with E-state index < -0.39 is 107 Å². The number of ether oxygens (including phenoxy) is 4. The van der Waals surface area contributed by atoms with Crippen molar-refractivity contribution >= 4 is 23.7 Å². The second-order valence-electron chi connectivity index (χ2n) is 20.6. The maximum atomic E-state index is 14.8. The minimum Gasteiger partial charge on any atom is -0.481 e. The van der Waals surface area contributed by atoms with Gasteiger partial charge in [0.05, 0.1) is 11.5 Å². The number of aliphatic hydroxyl groups excluding tert-OH is 5. The third-order valence-corrected chi connectivity index (χ3v) is 17.2. The van der Waals surface area contributed by atoms with E-state index in [9.17, 15) is 60.0 Å². The van der Waals surface area contributed by atoms with E-state index in [0.29, 0.717) is 25.7 Å². The van der Waals surface area contributed by atoms with E-state index >= 15 is 0 Å². The first kappa shape index (κ1) is 43.5. The van der Waals surface area contributed by atoms with E-state index in [1.54, 1.807) is 0 Å². The number of allylic oxidation sites excluding steroid dienone is 2. The Balaban J connectivity index is 1.17. The van der Waals surface area contributed by atoms with Crippen molar-refractivity contribution in [2.45, 2.75) is 174 Å². The van der Waals surface area contributed by atoms with Crippen molar-refractivity contribution in [3.05, 3.63) is 11.6 Å². The molecule has 326 valence electrons. The van der Waals surface area contributed by atoms with Crippen LogP contribution in [-0.4, -0.2) is 132 Å². The summed E-state index contributed by atoms with van der Waals surface area (Å²) in [7, 11) is 0. The van der Waals surface area contributed by atoms with Crippen molar-refractivity contribution in [3.8, 4) is 0 Å². The number of hydrogen-bond donors (Lipinski definition) is 8. The summed E-state index contributed by atoms with van der Waals surface area (Å²) in [6.07, 6.45) is -12.2. The van der Waals surface area contributed by atoms with Gasteiger partial charge in [0, 0.05) is 5.92 Å². The van der Waals surface area contributed by atoms with E-state index in [0.717, 1.165) is 37.7 Å². The molecular weight excluding hydrogens is 760 g/mol. The van der Waals surface area contributed by atoms with Crippen LogP contribution in [-0.2, 0) is 38.1 Å². The van der Waals surface area contributed by atoms with Gasteiger partial charge in [-0.1, -0.05) is 47.1 Å². The van der Waals surface area contributed by atoms with E-state index in [4.69, 9.17) is 18.9 Å². The van der Waals surface area contributed by atoms with Crippen LogP contribution in [0.25, 0.3) is 0 Å². The van der Waals surface area contributed by atoms with Crippen LogP contribution in [0, 0.1) is 50.2 Å². The maximum absolute atomic E-state index is 14.8. The second kappa shape index (κ2) is 14.3. The average Bonchev–Trinajstić information content (AvgIpc) is 3.13. The summed E-state index contributed by atoms with van der Waals surface area (Å²) in [4.78, 5) is 51.3. The molecule has 0 aromatic heterocycles. The van der Waals surface area contributed by atoms with E-state index in [1.807, 2.05) is 26.8 Å². The summed E-state index contributed by atoms with van der Waals surface area (Å²) in [5, 5.41) is 83.0. The van der Waals surface area contributed by atoms with Gasteiger partial charge in [0.2, 0.25) is 0 Å². The fraction of sp³-hybridized carbons (Fsp3) is 0.857. The fourth-order valence-electron chi connectivity index (χ4n) is 13.4. The molecule has 2 saturated heterocycles. The highest BCUT2D eigenvalue weighted by Gasteiger charge is 2.71. The molecule has 7 aliphatic rings. The molecule has 0 amide bonds. The zero-order valence-electron chi connectivity index (χ0n) is 34.4. The van der Waals surface area contributed by atoms with Crippen LogP contribution in [0.15, 0.2) is 11.6 Å². The van der Waals surface area contributed by atoms with Gasteiger partial charge >= 0.3 is 17.9 Å². The molecule has 8 N–H and O–H groups in total. The van der Waals surface area contributed by atoms with E-state index in [-0.39, 0.29) is 34.4 Å². The second-order valence-corrected chi connectivity index (χ2v) is 20.6. The first-order chi connectivity index (χ1) is 26.8. The van der Waals surface area contributed by atoms with Gasteiger partial charge in [-0.2, -0.15) is 0 Å². The molecule has 0 unspecified atom stereocenters. The number of fused-ring (bicyclic) bond motifs is 7. The molecule has 2 aliphatic heterocycles. The summed E-state index contributed by atoms with van der Waals surface area (Å²) in [5.41, 5.74) is -1.81. The molecule has 0 radical (unpaired) electrons. The lowest BCUT2D eigenvalue weighted by atomic mass is 9.33. The fourth-order valence-corrected chi connectivity index (χ4v) is 13.4. The normalized spacial score (nSPS) is 52.6. The van der Waals surface area contributed by atoms with Gasteiger partial charge in [-0.25, -0.2) is 9.59 Å². The number of carbonyl (C=O) groups is 4. The first-order valence-electron chi connectivity index (χ1n) is 20.7. The Labute approximate surface area is 337 Å². The van der Waals surface area contributed by atoms with Gasteiger partial charge in [0.15, 0.2) is 30.6 Å². The predicted octanol–water partition coefficient (Wildman–Crippen LogP) is 2.25. The molecule has 19 atom stereocenters. The summed E-state index contributed by atoms with van der Waals surface area (Å²) >= 11 is 0. The first-order valence-corrected chi connectivity index (χ1v) is 20.7. The summed E-state index contributed by atoms with van der Waals surface area (Å²) in [6, 6.07) is 0. The number of ketones is 1. The lowest BCUT2D eigenvalue weighted by Gasteiger charge is -2.70. The van der Waals surface area contributed by atoms with Crippen LogP contribution in [0.4, 0.5) is 0 Å². The van der Waals surface area contributed by atoms with Crippen LogP contribution < -0.4 is 0 Å². The van der Waals surface area contributed by atoms with Crippen LogP contribution >= 0.6 is 0 Å². The number of carboxylic acids is 3. The molecule has 58 heavy (non-hydrogen) atoms. The standard InChI is InChI=1S/C42H62O16/c1-37(2)21-8-11-42(7)31(20(43)16-18-19-17-39(4,36(53)54)13-12-38(19,3)14-15-41(18,42)6)40(21,5)10-9-22(37)55-35-30(26(47)25(46)29(57-35)33(51)52)58-34-27(48)23(44)24(45)28(56-34)32(49)50/h16,19,21-31,34-35,44-48H,8-15,17H2,1-7H3,(H,49,50)(H,51,52)(H,53,54)/t19-,21-,22+,23-,24-,25-,26-,27+,28-,29-,30+,31+,34-,35-,38+,39+,40-,41+,42+/m1/s1. The highest BCUT2D eigenvalue weighted by molar-refractivity contribution is 5.95. The molecule has 4 saturated carbocycles. The number of hydrogen-bond acceptors (Lipinski definition) is 13. The zero-order chi connectivity index (χ0) is 42.9. The topological polar surface area (TPSA) is 267 Å². The van der Waals surface area contributed by atoms with Crippen molar-refractivity contribution in [2.24, 2.45) is 50.2 Å². The SMILES string of the molecule is CC1(C)[C@@H](O[C@@H]2O[C@@H](C(=O)O)[C@H](O)[C@@H](O)[C@@H]2O[C@H]2O[C@@H](C(=O)O)[C@H](O)[C@@H](O)[C@@H]2O)CC[C@]2(C)[C@@H]1CC[C@@]1(C)[C@H]2C(=O)C=C2[C@H]3C[C@@](C)(C(=O)O)CC[C@@]3(C)CC[C@@]21C. The third-order valence-electron chi connectivity index (χ3n) is 17.2. The monoisotopic (exact) mass is 822 g/mol. The molecule has 16 heteroatoms. The molecule has 0 aromatic rings. The van der Waals surface area contributed by atoms with Crippen molar-refractivity contribution in [3.63, 3.8) is 0 Å². The molecule has 6 fully saturated rings. The Morgan fingerprint density at radius 3 is 1.88 bits per heavy atom. The van der Waals surface area contributed by atoms with Gasteiger partial charge in [-0.3, -0.25) is 9.59 Å². The smallest absolute Gasteiger partial charge is 0.335 e. The molecule has 0 aromatic carbocycles. The van der Waals surface area contributed by atoms with Crippen molar-refractivity contribution in [1.29, 1.82) is 0 Å². The van der Waals surface area contributed by atoms with Crippen LogP contribution in [0.1, 0.15) is 106 Å². The Morgan fingerprint density at radius 2 is 1.28 bits per heavy atom. The summed E-state index contributed by atoms with van der Waals surface area (Å²) in [6.45, 7) is 14.8. The largest absolute Gasteiger partial charge is 0.481 e. The van der Waals surface area contributed by atoms with Gasteiger partial charge < -0.3 is 59.8 Å². The lowest BCUT2D eigenvalue weighted by molar-refractivity contribution is -0.371. The van der Waals surface area contributed by atoms with E-state index in [1.165, 1.54) is 0 Å². The van der Waals surface area contributed by atoms with Gasteiger partial charge in [-0.05, 0) is 110 Å². The Kier molecular flexibility index (Phi) is 10.7. The number of aliphatic carboxylic acids is 3. The minimum atomic E-state index is -2.05. The number of carbonyl (C=O) groups excluding carboxylic acids is 1. The van der Waals surface area contributed by atoms with Crippen LogP contribution in [0.5, 0.6) is 0 Å².